The third-order valence-corrected chi connectivity index (χ3v) is 4.19. The maximum absolute atomic E-state index is 12.0. The molecule has 7 heteroatoms. The van der Waals surface area contributed by atoms with E-state index in [9.17, 15) is 9.90 Å². The molecular formula is C19H38N4O3. The van der Waals surface area contributed by atoms with E-state index in [0.717, 1.165) is 32.2 Å². The Labute approximate surface area is 158 Å². The van der Waals surface area contributed by atoms with Gasteiger partial charge in [-0.3, -0.25) is 4.99 Å². The lowest BCUT2D eigenvalue weighted by atomic mass is 9.85. The van der Waals surface area contributed by atoms with Crippen LogP contribution in [-0.2, 0) is 4.74 Å². The summed E-state index contributed by atoms with van der Waals surface area (Å²) < 4.78 is 5.31. The van der Waals surface area contributed by atoms with Crippen LogP contribution in [0.5, 0.6) is 0 Å². The normalized spacial score (nSPS) is 18.2. The zero-order valence-corrected chi connectivity index (χ0v) is 17.4. The molecule has 1 amide bonds. The Morgan fingerprint density at radius 3 is 2.27 bits per heavy atom. The van der Waals surface area contributed by atoms with E-state index in [-0.39, 0.29) is 0 Å². The Morgan fingerprint density at radius 1 is 1.12 bits per heavy atom. The highest BCUT2D eigenvalue weighted by Gasteiger charge is 2.29. The van der Waals surface area contributed by atoms with Gasteiger partial charge < -0.3 is 25.8 Å². The van der Waals surface area contributed by atoms with Crippen molar-refractivity contribution < 1.29 is 14.6 Å². The van der Waals surface area contributed by atoms with Gasteiger partial charge in [-0.15, -0.1) is 0 Å². The predicted molar refractivity (Wildman–Crippen MR) is 105 cm³/mol. The molecule has 26 heavy (non-hydrogen) atoms. The number of nitrogens with one attached hydrogen (secondary N) is 3. The summed E-state index contributed by atoms with van der Waals surface area (Å²) >= 11 is 0. The van der Waals surface area contributed by atoms with Crippen molar-refractivity contribution in [2.24, 2.45) is 4.99 Å². The van der Waals surface area contributed by atoms with Gasteiger partial charge in [0.15, 0.2) is 5.96 Å². The van der Waals surface area contributed by atoms with Crippen molar-refractivity contribution in [3.8, 4) is 0 Å². The molecule has 4 N–H and O–H groups in total. The van der Waals surface area contributed by atoms with E-state index in [1.165, 1.54) is 6.42 Å². The zero-order chi connectivity index (χ0) is 19.8. The molecule has 0 aliphatic heterocycles. The van der Waals surface area contributed by atoms with Crippen molar-refractivity contribution in [2.75, 3.05) is 19.6 Å². The van der Waals surface area contributed by atoms with Gasteiger partial charge in [-0.05, 0) is 54.4 Å². The minimum atomic E-state index is -0.654. The van der Waals surface area contributed by atoms with Crippen molar-refractivity contribution in [2.45, 2.75) is 90.4 Å². The van der Waals surface area contributed by atoms with E-state index in [4.69, 9.17) is 4.74 Å². The quantitative estimate of drug-likeness (QED) is 0.426. The van der Waals surface area contributed by atoms with E-state index in [2.05, 4.69) is 20.9 Å². The molecule has 152 valence electrons. The van der Waals surface area contributed by atoms with Crippen LogP contribution in [0.15, 0.2) is 4.99 Å². The van der Waals surface area contributed by atoms with Gasteiger partial charge in [0.05, 0.1) is 17.7 Å². The van der Waals surface area contributed by atoms with Gasteiger partial charge in [0.2, 0.25) is 0 Å². The molecule has 1 saturated carbocycles. The first kappa shape index (κ1) is 22.5. The van der Waals surface area contributed by atoms with Crippen LogP contribution in [0.1, 0.15) is 73.6 Å². The molecule has 0 radical (unpaired) electrons. The van der Waals surface area contributed by atoms with Gasteiger partial charge in [0.1, 0.15) is 5.60 Å². The second kappa shape index (κ2) is 9.44. The number of aliphatic hydroxyl groups is 1. The number of carbonyl (C=O) groups excluding carboxylic acids is 1. The highest BCUT2D eigenvalue weighted by atomic mass is 16.6. The summed E-state index contributed by atoms with van der Waals surface area (Å²) in [7, 11) is 0. The largest absolute Gasteiger partial charge is 0.444 e. The molecule has 0 aromatic heterocycles. The average molecular weight is 371 g/mol. The number of amides is 1. The number of hydrogen-bond donors (Lipinski definition) is 4. The van der Waals surface area contributed by atoms with Crippen LogP contribution >= 0.6 is 0 Å². The number of ether oxygens (including phenoxy) is 1. The molecule has 7 nitrogen and oxygen atoms in total. The van der Waals surface area contributed by atoms with E-state index >= 15 is 0 Å². The lowest BCUT2D eigenvalue weighted by molar-refractivity contribution is 0.00858. The Kier molecular flexibility index (Phi) is 8.18. The average Bonchev–Trinajstić information content (AvgIpc) is 2.48. The van der Waals surface area contributed by atoms with Gasteiger partial charge in [0.25, 0.3) is 0 Å². The highest BCUT2D eigenvalue weighted by Crippen LogP contribution is 2.27. The van der Waals surface area contributed by atoms with Gasteiger partial charge in [-0.2, -0.15) is 0 Å². The zero-order valence-electron chi connectivity index (χ0n) is 17.4. The Hall–Kier alpha value is -1.50. The molecule has 1 aliphatic carbocycles. The number of aliphatic imine (C=N–C) groups is 1. The lowest BCUT2D eigenvalue weighted by Crippen LogP contribution is -2.50. The maximum atomic E-state index is 12.0. The fourth-order valence-electron chi connectivity index (χ4n) is 2.87. The van der Waals surface area contributed by atoms with E-state index in [1.54, 1.807) is 0 Å². The first-order chi connectivity index (χ1) is 11.9. The SMILES string of the molecule is CCNC(=NCC(C)(C)NC(=O)OC(C)(C)C)NCC1(O)CCCCC1. The van der Waals surface area contributed by atoms with Crippen LogP contribution in [-0.4, -0.2) is 53.5 Å². The smallest absolute Gasteiger partial charge is 0.408 e. The molecule has 0 heterocycles. The molecule has 0 bridgehead atoms. The fraction of sp³-hybridized carbons (Fsp3) is 0.895. The van der Waals surface area contributed by atoms with Gasteiger partial charge in [0, 0.05) is 13.1 Å². The highest BCUT2D eigenvalue weighted by molar-refractivity contribution is 5.80. The Morgan fingerprint density at radius 2 is 1.73 bits per heavy atom. The van der Waals surface area contributed by atoms with Crippen LogP contribution < -0.4 is 16.0 Å². The third kappa shape index (κ3) is 9.27. The topological polar surface area (TPSA) is 95.0 Å². The number of nitrogens with zero attached hydrogens (tertiary/aromatic N) is 1. The van der Waals surface area contributed by atoms with Crippen molar-refractivity contribution >= 4 is 12.1 Å². The second-order valence-electron chi connectivity index (χ2n) is 8.84. The van der Waals surface area contributed by atoms with E-state index < -0.39 is 22.8 Å². The number of alkyl carbamates (subject to hydrolysis) is 1. The number of hydrogen-bond acceptors (Lipinski definition) is 4. The summed E-state index contributed by atoms with van der Waals surface area (Å²) in [6.45, 7) is 12.9. The molecule has 0 saturated heterocycles. The molecule has 1 rings (SSSR count). The Bertz CT molecular complexity index is 478. The van der Waals surface area contributed by atoms with Crippen molar-refractivity contribution in [1.29, 1.82) is 0 Å². The maximum Gasteiger partial charge on any atom is 0.408 e. The lowest BCUT2D eigenvalue weighted by Gasteiger charge is -2.33. The third-order valence-electron chi connectivity index (χ3n) is 4.19. The summed E-state index contributed by atoms with van der Waals surface area (Å²) in [5.74, 6) is 0.644. The number of carbonyl (C=O) groups is 1. The predicted octanol–water partition coefficient (Wildman–Crippen LogP) is 2.54. The van der Waals surface area contributed by atoms with E-state index in [0.29, 0.717) is 19.0 Å². The van der Waals surface area contributed by atoms with Gasteiger partial charge in [-0.25, -0.2) is 4.79 Å². The summed E-state index contributed by atoms with van der Waals surface area (Å²) in [4.78, 5) is 16.5. The summed E-state index contributed by atoms with van der Waals surface area (Å²) in [6, 6.07) is 0. The Balaban J connectivity index is 2.59. The molecule has 0 unspecified atom stereocenters. The summed E-state index contributed by atoms with van der Waals surface area (Å²) in [5, 5.41) is 19.9. The minimum absolute atomic E-state index is 0.389. The molecule has 1 fully saturated rings. The molecule has 0 aromatic carbocycles. The van der Waals surface area contributed by atoms with Gasteiger partial charge in [-0.1, -0.05) is 19.3 Å². The summed E-state index contributed by atoms with van der Waals surface area (Å²) in [5.41, 5.74) is -1.74. The first-order valence-electron chi connectivity index (χ1n) is 9.70. The van der Waals surface area contributed by atoms with Crippen molar-refractivity contribution in [3.63, 3.8) is 0 Å². The molecule has 1 aliphatic rings. The fourth-order valence-corrected chi connectivity index (χ4v) is 2.87. The van der Waals surface area contributed by atoms with Crippen LogP contribution in [0.4, 0.5) is 4.79 Å². The first-order valence-corrected chi connectivity index (χ1v) is 9.70. The van der Waals surface area contributed by atoms with Crippen LogP contribution in [0.25, 0.3) is 0 Å². The standard InChI is InChI=1S/C19H38N4O3/c1-7-20-15(22-14-19(25)11-9-8-10-12-19)21-13-18(5,6)23-16(24)26-17(2,3)4/h25H,7-14H2,1-6H3,(H,23,24)(H2,20,21,22). The molecular weight excluding hydrogens is 332 g/mol. The number of rotatable bonds is 6. The van der Waals surface area contributed by atoms with Crippen molar-refractivity contribution in [1.82, 2.24) is 16.0 Å². The molecule has 0 aromatic rings. The van der Waals surface area contributed by atoms with Crippen LogP contribution in [0.3, 0.4) is 0 Å². The molecule has 0 spiro atoms. The monoisotopic (exact) mass is 370 g/mol. The van der Waals surface area contributed by atoms with Crippen LogP contribution in [0, 0.1) is 0 Å². The van der Waals surface area contributed by atoms with E-state index in [1.807, 2.05) is 41.5 Å². The second-order valence-corrected chi connectivity index (χ2v) is 8.84. The number of guanidine groups is 1. The summed E-state index contributed by atoms with van der Waals surface area (Å²) in [6.07, 6.45) is 4.53. The molecule has 0 atom stereocenters. The van der Waals surface area contributed by atoms with Crippen molar-refractivity contribution in [3.05, 3.63) is 0 Å². The van der Waals surface area contributed by atoms with Crippen LogP contribution in [0.2, 0.25) is 0 Å². The minimum Gasteiger partial charge on any atom is -0.444 e. The van der Waals surface area contributed by atoms with Gasteiger partial charge >= 0.3 is 6.09 Å².